The molecule has 7 nitrogen and oxygen atoms in total. The third-order valence-electron chi connectivity index (χ3n) is 4.68. The van der Waals surface area contributed by atoms with Crippen molar-refractivity contribution < 1.29 is 9.47 Å². The smallest absolute Gasteiger partial charge is 0.123 e. The van der Waals surface area contributed by atoms with Crippen LogP contribution in [0.15, 0.2) is 61.2 Å². The molecule has 4 aromatic rings. The fourth-order valence-electron chi connectivity index (χ4n) is 3.19. The molecule has 0 bridgehead atoms. The lowest BCUT2D eigenvalue weighted by Crippen LogP contribution is -1.96. The largest absolute Gasteiger partial charge is 0.497 e. The van der Waals surface area contributed by atoms with Gasteiger partial charge in [0.25, 0.3) is 0 Å². The first kappa shape index (κ1) is 18.5. The van der Waals surface area contributed by atoms with Crippen molar-refractivity contribution in [1.82, 2.24) is 19.7 Å². The summed E-state index contributed by atoms with van der Waals surface area (Å²) in [7, 11) is 5.11. The Labute approximate surface area is 168 Å². The predicted molar refractivity (Wildman–Crippen MR) is 113 cm³/mol. The van der Waals surface area contributed by atoms with Crippen molar-refractivity contribution in [3.63, 3.8) is 0 Å². The summed E-state index contributed by atoms with van der Waals surface area (Å²) in [5.74, 6) is 1.39. The predicted octanol–water partition coefficient (Wildman–Crippen LogP) is 3.40. The molecule has 0 radical (unpaired) electrons. The van der Waals surface area contributed by atoms with Crippen molar-refractivity contribution in [3.8, 4) is 22.8 Å². The van der Waals surface area contributed by atoms with Gasteiger partial charge in [-0.3, -0.25) is 9.67 Å². The summed E-state index contributed by atoms with van der Waals surface area (Å²) in [6, 6.07) is 11.6. The summed E-state index contributed by atoms with van der Waals surface area (Å²) in [6.45, 7) is 0. The van der Waals surface area contributed by atoms with Crippen molar-refractivity contribution in [1.29, 1.82) is 0 Å². The average Bonchev–Trinajstić information content (AvgIpc) is 3.19. The fourth-order valence-corrected chi connectivity index (χ4v) is 3.19. The van der Waals surface area contributed by atoms with Crippen LogP contribution >= 0.6 is 0 Å². The van der Waals surface area contributed by atoms with Gasteiger partial charge in [0.15, 0.2) is 0 Å². The highest BCUT2D eigenvalue weighted by Crippen LogP contribution is 2.31. The summed E-state index contributed by atoms with van der Waals surface area (Å²) < 4.78 is 12.5. The topological polar surface area (TPSA) is 88.1 Å². The molecule has 0 saturated carbocycles. The van der Waals surface area contributed by atoms with Gasteiger partial charge in [0.2, 0.25) is 0 Å². The third kappa shape index (κ3) is 3.62. The normalized spacial score (nSPS) is 11.6. The van der Waals surface area contributed by atoms with Crippen LogP contribution in [-0.4, -0.2) is 34.0 Å². The Morgan fingerprint density at radius 2 is 1.72 bits per heavy atom. The van der Waals surface area contributed by atoms with Crippen LogP contribution in [0.2, 0.25) is 0 Å². The molecule has 2 heterocycles. The van der Waals surface area contributed by atoms with Gasteiger partial charge >= 0.3 is 0 Å². The highest BCUT2D eigenvalue weighted by Gasteiger charge is 2.11. The van der Waals surface area contributed by atoms with Gasteiger partial charge in [-0.15, -0.1) is 0 Å². The van der Waals surface area contributed by atoms with Crippen LogP contribution in [0, 0.1) is 0 Å². The van der Waals surface area contributed by atoms with E-state index in [0.29, 0.717) is 11.5 Å². The lowest BCUT2D eigenvalue weighted by molar-refractivity contribution is 0.394. The van der Waals surface area contributed by atoms with E-state index in [1.807, 2.05) is 49.6 Å². The van der Waals surface area contributed by atoms with Crippen LogP contribution < -0.4 is 15.2 Å². The van der Waals surface area contributed by atoms with Crippen LogP contribution in [0.25, 0.3) is 27.9 Å². The first-order valence-electron chi connectivity index (χ1n) is 9.03. The van der Waals surface area contributed by atoms with Gasteiger partial charge in [-0.25, -0.2) is 4.98 Å². The molecule has 29 heavy (non-hydrogen) atoms. The highest BCUT2D eigenvalue weighted by atomic mass is 16.5. The molecule has 146 valence electrons. The summed E-state index contributed by atoms with van der Waals surface area (Å²) in [6.07, 6.45) is 7.01. The Hall–Kier alpha value is -3.87. The summed E-state index contributed by atoms with van der Waals surface area (Å²) in [5, 5.41) is 4.20. The molecule has 2 aromatic heterocycles. The molecule has 0 fully saturated rings. The van der Waals surface area contributed by atoms with E-state index in [-0.39, 0.29) is 0 Å². The van der Waals surface area contributed by atoms with E-state index < -0.39 is 0 Å². The molecule has 0 aliphatic rings. The number of methoxy groups -OCH3 is 2. The number of hydrogen-bond donors (Lipinski definition) is 1. The molecule has 0 atom stereocenters. The maximum atomic E-state index is 6.00. The van der Waals surface area contributed by atoms with Gasteiger partial charge in [0, 0.05) is 36.6 Å². The summed E-state index contributed by atoms with van der Waals surface area (Å²) in [5.41, 5.74) is 11.9. The van der Waals surface area contributed by atoms with Crippen LogP contribution in [0.3, 0.4) is 0 Å². The maximum Gasteiger partial charge on any atom is 0.123 e. The molecule has 4 rings (SSSR count). The minimum absolute atomic E-state index is 0.693. The lowest BCUT2D eigenvalue weighted by atomic mass is 9.97. The third-order valence-corrected chi connectivity index (χ3v) is 4.68. The average molecular weight is 387 g/mol. The molecular formula is C22H21N5O2. The number of fused-ring (bicyclic) bond motifs is 1. The van der Waals surface area contributed by atoms with E-state index in [9.17, 15) is 0 Å². The number of rotatable bonds is 5. The van der Waals surface area contributed by atoms with E-state index in [2.05, 4.69) is 10.1 Å². The fraction of sp³-hybridized carbons (Fsp3) is 0.136. The second kappa shape index (κ2) is 7.63. The zero-order valence-corrected chi connectivity index (χ0v) is 16.5. The molecular weight excluding hydrogens is 366 g/mol. The van der Waals surface area contributed by atoms with Crippen LogP contribution in [0.1, 0.15) is 11.1 Å². The number of ether oxygens (including phenoxy) is 2. The number of aromatic nitrogens is 4. The van der Waals surface area contributed by atoms with E-state index in [1.54, 1.807) is 37.5 Å². The minimum atomic E-state index is 0.693. The Morgan fingerprint density at radius 3 is 2.34 bits per heavy atom. The standard InChI is InChI=1S/C22H21N5O2/c1-27-13-16(11-25-27)22-12-24-20-5-4-14(8-21(20)26-22)19(10-23)15-6-17(28-2)9-18(7-15)29-3/h4-13H,23H2,1-3H3/b19-10-. The molecule has 2 aromatic carbocycles. The molecule has 0 aliphatic carbocycles. The Kier molecular flexibility index (Phi) is 4.87. The van der Waals surface area contributed by atoms with Crippen LogP contribution in [-0.2, 0) is 7.05 Å². The molecule has 0 saturated heterocycles. The number of benzene rings is 2. The van der Waals surface area contributed by atoms with Gasteiger partial charge in [-0.1, -0.05) is 6.07 Å². The minimum Gasteiger partial charge on any atom is -0.497 e. The van der Waals surface area contributed by atoms with Crippen molar-refractivity contribution in [3.05, 3.63) is 72.3 Å². The molecule has 2 N–H and O–H groups in total. The molecule has 7 heteroatoms. The highest BCUT2D eigenvalue weighted by molar-refractivity contribution is 5.87. The zero-order valence-electron chi connectivity index (χ0n) is 16.5. The van der Waals surface area contributed by atoms with Gasteiger partial charge in [0.1, 0.15) is 11.5 Å². The second-order valence-electron chi connectivity index (χ2n) is 6.54. The number of nitrogens with two attached hydrogens (primary N) is 1. The van der Waals surface area contributed by atoms with Crippen molar-refractivity contribution >= 4 is 16.6 Å². The Morgan fingerprint density at radius 1 is 0.966 bits per heavy atom. The van der Waals surface area contributed by atoms with Crippen molar-refractivity contribution in [2.75, 3.05) is 14.2 Å². The van der Waals surface area contributed by atoms with Gasteiger partial charge in [0.05, 0.1) is 43.3 Å². The Balaban J connectivity index is 1.80. The van der Waals surface area contributed by atoms with Gasteiger partial charge < -0.3 is 15.2 Å². The SMILES string of the molecule is COc1cc(OC)cc(/C(=C\N)c2ccc3ncc(-c4cnn(C)c4)nc3c2)c1. The van der Waals surface area contributed by atoms with Gasteiger partial charge in [-0.2, -0.15) is 5.10 Å². The number of aryl methyl sites for hydroxylation is 1. The van der Waals surface area contributed by atoms with Crippen molar-refractivity contribution in [2.45, 2.75) is 0 Å². The lowest BCUT2D eigenvalue weighted by Gasteiger charge is -2.12. The quantitative estimate of drug-likeness (QED) is 0.565. The van der Waals surface area contributed by atoms with E-state index in [4.69, 9.17) is 20.2 Å². The number of hydrogen-bond acceptors (Lipinski definition) is 6. The zero-order chi connectivity index (χ0) is 20.4. The second-order valence-corrected chi connectivity index (χ2v) is 6.54. The molecule has 0 aliphatic heterocycles. The van der Waals surface area contributed by atoms with Crippen molar-refractivity contribution in [2.24, 2.45) is 12.8 Å². The van der Waals surface area contributed by atoms with E-state index >= 15 is 0 Å². The molecule has 0 unspecified atom stereocenters. The van der Waals surface area contributed by atoms with Gasteiger partial charge in [-0.05, 0) is 35.4 Å². The van der Waals surface area contributed by atoms with Crippen LogP contribution in [0.4, 0.5) is 0 Å². The summed E-state index contributed by atoms with van der Waals surface area (Å²) >= 11 is 0. The Bertz CT molecular complexity index is 1190. The summed E-state index contributed by atoms with van der Waals surface area (Å²) in [4.78, 5) is 9.29. The van der Waals surface area contributed by atoms with E-state index in [1.165, 1.54) is 0 Å². The number of nitrogens with zero attached hydrogens (tertiary/aromatic N) is 4. The van der Waals surface area contributed by atoms with E-state index in [0.717, 1.165) is 39.0 Å². The maximum absolute atomic E-state index is 6.00. The van der Waals surface area contributed by atoms with Crippen LogP contribution in [0.5, 0.6) is 11.5 Å². The molecule has 0 amide bonds. The monoisotopic (exact) mass is 387 g/mol. The first-order valence-corrected chi connectivity index (χ1v) is 9.03. The molecule has 0 spiro atoms. The first-order chi connectivity index (χ1) is 14.1.